The molecule has 4 heteroatoms. The maximum absolute atomic E-state index is 13.2. The first-order valence-corrected chi connectivity index (χ1v) is 10.5. The number of hydrogen-bond acceptors (Lipinski definition) is 3. The lowest BCUT2D eigenvalue weighted by molar-refractivity contribution is -0.137. The molecule has 0 spiro atoms. The van der Waals surface area contributed by atoms with E-state index in [2.05, 4.69) is 61.6 Å². The highest BCUT2D eigenvalue weighted by Crippen LogP contribution is 2.35. The van der Waals surface area contributed by atoms with Crippen LogP contribution in [0.3, 0.4) is 0 Å². The number of methoxy groups -OCH3 is 1. The molecular formula is C25H33NO3. The van der Waals surface area contributed by atoms with Gasteiger partial charge in [0.2, 0.25) is 5.91 Å². The van der Waals surface area contributed by atoms with Gasteiger partial charge in [-0.25, -0.2) is 0 Å². The van der Waals surface area contributed by atoms with Gasteiger partial charge in [-0.2, -0.15) is 0 Å². The van der Waals surface area contributed by atoms with E-state index in [-0.39, 0.29) is 11.9 Å². The first-order valence-electron chi connectivity index (χ1n) is 10.5. The van der Waals surface area contributed by atoms with Crippen LogP contribution in [-0.2, 0) is 20.7 Å². The average molecular weight is 396 g/mol. The van der Waals surface area contributed by atoms with E-state index < -0.39 is 5.41 Å². The minimum Gasteiger partial charge on any atom is -0.383 e. The van der Waals surface area contributed by atoms with Crippen molar-refractivity contribution in [3.8, 4) is 11.1 Å². The van der Waals surface area contributed by atoms with Gasteiger partial charge in [0.25, 0.3) is 0 Å². The molecule has 1 aliphatic rings. The SMILES string of the molecule is COC[C@H](C)NC(=O)C1(Cc2ccc(-c3cc(C)cc(C)c3)cc2)CCOCC1. The van der Waals surface area contributed by atoms with Gasteiger partial charge < -0.3 is 14.8 Å². The fourth-order valence-corrected chi connectivity index (χ4v) is 4.26. The molecule has 2 aromatic carbocycles. The zero-order valence-electron chi connectivity index (χ0n) is 18.1. The standard InChI is InChI=1S/C25H33NO3/c1-18-13-19(2)15-23(14-18)22-7-5-21(6-8-22)16-25(9-11-29-12-10-25)24(27)26-20(3)17-28-4/h5-8,13-15,20H,9-12,16-17H2,1-4H3,(H,26,27)/t20-/m0/s1. The third-order valence-corrected chi connectivity index (χ3v) is 5.78. The number of nitrogens with one attached hydrogen (secondary N) is 1. The van der Waals surface area contributed by atoms with Crippen molar-refractivity contribution >= 4 is 5.91 Å². The van der Waals surface area contributed by atoms with Crippen molar-refractivity contribution in [1.82, 2.24) is 5.32 Å². The highest BCUT2D eigenvalue weighted by Gasteiger charge is 2.40. The Labute approximate surface area is 174 Å². The molecule has 1 aliphatic heterocycles. The van der Waals surface area contributed by atoms with Gasteiger partial charge in [-0.3, -0.25) is 4.79 Å². The molecule has 156 valence electrons. The number of ether oxygens (including phenoxy) is 2. The summed E-state index contributed by atoms with van der Waals surface area (Å²) in [6.45, 7) is 8.02. The van der Waals surface area contributed by atoms with Crippen LogP contribution in [0.4, 0.5) is 0 Å². The largest absolute Gasteiger partial charge is 0.383 e. The van der Waals surface area contributed by atoms with Gasteiger partial charge in [0.05, 0.1) is 12.0 Å². The molecule has 2 aromatic rings. The summed E-state index contributed by atoms with van der Waals surface area (Å²) < 4.78 is 10.7. The third kappa shape index (κ3) is 5.46. The van der Waals surface area contributed by atoms with Gasteiger partial charge in [-0.15, -0.1) is 0 Å². The van der Waals surface area contributed by atoms with Crippen LogP contribution in [0.5, 0.6) is 0 Å². The first-order chi connectivity index (χ1) is 13.9. The van der Waals surface area contributed by atoms with Crippen LogP contribution in [0, 0.1) is 19.3 Å². The van der Waals surface area contributed by atoms with Crippen LogP contribution >= 0.6 is 0 Å². The summed E-state index contributed by atoms with van der Waals surface area (Å²) >= 11 is 0. The smallest absolute Gasteiger partial charge is 0.227 e. The highest BCUT2D eigenvalue weighted by atomic mass is 16.5. The minimum atomic E-state index is -0.415. The van der Waals surface area contributed by atoms with Crippen molar-refractivity contribution in [2.24, 2.45) is 5.41 Å². The van der Waals surface area contributed by atoms with E-state index >= 15 is 0 Å². The number of hydrogen-bond donors (Lipinski definition) is 1. The van der Waals surface area contributed by atoms with Gasteiger partial charge in [0.1, 0.15) is 0 Å². The lowest BCUT2D eigenvalue weighted by Gasteiger charge is -2.36. The number of carbonyl (C=O) groups excluding carboxylic acids is 1. The van der Waals surface area contributed by atoms with Gasteiger partial charge in [-0.05, 0) is 56.7 Å². The quantitative estimate of drug-likeness (QED) is 0.753. The summed E-state index contributed by atoms with van der Waals surface area (Å²) in [4.78, 5) is 13.2. The Hall–Kier alpha value is -2.17. The van der Waals surface area contributed by atoms with Crippen LogP contribution in [0.1, 0.15) is 36.5 Å². The van der Waals surface area contributed by atoms with E-state index in [9.17, 15) is 4.79 Å². The molecule has 0 aromatic heterocycles. The lowest BCUT2D eigenvalue weighted by Crippen LogP contribution is -2.49. The second-order valence-corrected chi connectivity index (χ2v) is 8.47. The van der Waals surface area contributed by atoms with Crippen LogP contribution in [0.15, 0.2) is 42.5 Å². The van der Waals surface area contributed by atoms with Crippen molar-refractivity contribution in [2.75, 3.05) is 26.9 Å². The van der Waals surface area contributed by atoms with Crippen molar-refractivity contribution in [3.63, 3.8) is 0 Å². The number of carbonyl (C=O) groups is 1. The Kier molecular flexibility index (Phi) is 7.09. The van der Waals surface area contributed by atoms with Crippen molar-refractivity contribution in [3.05, 3.63) is 59.2 Å². The zero-order valence-corrected chi connectivity index (χ0v) is 18.1. The summed E-state index contributed by atoms with van der Waals surface area (Å²) in [6.07, 6.45) is 2.23. The van der Waals surface area contributed by atoms with Crippen molar-refractivity contribution in [1.29, 1.82) is 0 Å². The third-order valence-electron chi connectivity index (χ3n) is 5.78. The van der Waals surface area contributed by atoms with Crippen LogP contribution in [-0.4, -0.2) is 38.9 Å². The summed E-state index contributed by atoms with van der Waals surface area (Å²) in [5.41, 5.74) is 5.76. The van der Waals surface area contributed by atoms with Crippen LogP contribution < -0.4 is 5.32 Å². The minimum absolute atomic E-state index is 0.000782. The van der Waals surface area contributed by atoms with Crippen LogP contribution in [0.25, 0.3) is 11.1 Å². The van der Waals surface area contributed by atoms with Crippen LogP contribution in [0.2, 0.25) is 0 Å². The molecular weight excluding hydrogens is 362 g/mol. The Morgan fingerprint density at radius 2 is 1.69 bits per heavy atom. The molecule has 1 amide bonds. The molecule has 0 saturated carbocycles. The first kappa shape index (κ1) is 21.5. The molecule has 0 radical (unpaired) electrons. The number of benzene rings is 2. The number of aryl methyl sites for hydroxylation is 2. The second-order valence-electron chi connectivity index (χ2n) is 8.47. The van der Waals surface area contributed by atoms with Crippen molar-refractivity contribution in [2.45, 2.75) is 46.1 Å². The fraction of sp³-hybridized carbons (Fsp3) is 0.480. The van der Waals surface area contributed by atoms with Crippen molar-refractivity contribution < 1.29 is 14.3 Å². The van der Waals surface area contributed by atoms with Gasteiger partial charge in [-0.1, -0.05) is 53.6 Å². The van der Waals surface area contributed by atoms with E-state index in [4.69, 9.17) is 9.47 Å². The molecule has 0 unspecified atom stereocenters. The maximum atomic E-state index is 13.2. The Bertz CT molecular complexity index is 802. The zero-order chi connectivity index (χ0) is 20.9. The predicted molar refractivity (Wildman–Crippen MR) is 117 cm³/mol. The lowest BCUT2D eigenvalue weighted by atomic mass is 9.74. The normalized spacial score (nSPS) is 17.0. The summed E-state index contributed by atoms with van der Waals surface area (Å²) in [6, 6.07) is 15.3. The van der Waals surface area contributed by atoms with Gasteiger partial charge >= 0.3 is 0 Å². The summed E-state index contributed by atoms with van der Waals surface area (Å²) in [7, 11) is 1.66. The van der Waals surface area contributed by atoms with E-state index in [1.165, 1.54) is 27.8 Å². The molecule has 1 fully saturated rings. The Morgan fingerprint density at radius 1 is 1.07 bits per heavy atom. The molecule has 1 atom stereocenters. The molecule has 29 heavy (non-hydrogen) atoms. The molecule has 4 nitrogen and oxygen atoms in total. The second kappa shape index (κ2) is 9.55. The van der Waals surface area contributed by atoms with E-state index in [0.717, 1.165) is 19.3 Å². The average Bonchev–Trinajstić information content (AvgIpc) is 2.68. The topological polar surface area (TPSA) is 47.6 Å². The monoisotopic (exact) mass is 395 g/mol. The van der Waals surface area contributed by atoms with E-state index in [1.807, 2.05) is 6.92 Å². The molecule has 1 heterocycles. The fourth-order valence-electron chi connectivity index (χ4n) is 4.26. The van der Waals surface area contributed by atoms with Gasteiger partial charge in [0.15, 0.2) is 0 Å². The van der Waals surface area contributed by atoms with Gasteiger partial charge in [0, 0.05) is 26.4 Å². The van der Waals surface area contributed by atoms with E-state index in [1.54, 1.807) is 7.11 Å². The Morgan fingerprint density at radius 3 is 2.28 bits per heavy atom. The molecule has 3 rings (SSSR count). The molecule has 1 N–H and O–H groups in total. The number of amides is 1. The van der Waals surface area contributed by atoms with E-state index in [0.29, 0.717) is 19.8 Å². The maximum Gasteiger partial charge on any atom is 0.227 e. The predicted octanol–water partition coefficient (Wildman–Crippen LogP) is 4.46. The highest BCUT2D eigenvalue weighted by molar-refractivity contribution is 5.83. The Balaban J connectivity index is 1.78. The molecule has 0 bridgehead atoms. The molecule has 0 aliphatic carbocycles. The summed E-state index contributed by atoms with van der Waals surface area (Å²) in [5, 5.41) is 3.14. The molecule has 1 saturated heterocycles. The summed E-state index contributed by atoms with van der Waals surface area (Å²) in [5.74, 6) is 0.115. The number of rotatable bonds is 7.